The fraction of sp³-hybridized carbons (Fsp3) is 0.500. The van der Waals surface area contributed by atoms with E-state index >= 15 is 0 Å². The van der Waals surface area contributed by atoms with Crippen LogP contribution in [0.1, 0.15) is 24.8 Å². The molecular formula is C12H16O5S. The molecule has 0 aliphatic carbocycles. The molecule has 1 aliphatic heterocycles. The van der Waals surface area contributed by atoms with Gasteiger partial charge in [-0.3, -0.25) is 0 Å². The Bertz CT molecular complexity index is 474. The largest absolute Gasteiger partial charge is 0.350 e. The minimum absolute atomic E-state index is 0.0731. The molecule has 0 spiro atoms. The average molecular weight is 272 g/mol. The van der Waals surface area contributed by atoms with Crippen molar-refractivity contribution < 1.29 is 22.4 Å². The summed E-state index contributed by atoms with van der Waals surface area (Å²) in [5.41, 5.74) is 0.977. The Hall–Kier alpha value is -0.950. The molecule has 0 bridgehead atoms. The van der Waals surface area contributed by atoms with Gasteiger partial charge in [0, 0.05) is 13.0 Å². The number of ether oxygens (including phenoxy) is 1. The van der Waals surface area contributed by atoms with Gasteiger partial charge in [-0.1, -0.05) is 17.7 Å². The van der Waals surface area contributed by atoms with Gasteiger partial charge in [-0.2, -0.15) is 13.3 Å². The van der Waals surface area contributed by atoms with Crippen LogP contribution in [-0.2, 0) is 24.1 Å². The Morgan fingerprint density at radius 3 is 2.56 bits per heavy atom. The summed E-state index contributed by atoms with van der Waals surface area (Å²) in [6.07, 6.45) is 1.95. The second-order valence-electron chi connectivity index (χ2n) is 4.23. The van der Waals surface area contributed by atoms with Crippen LogP contribution in [0.5, 0.6) is 0 Å². The van der Waals surface area contributed by atoms with Gasteiger partial charge in [0.05, 0.1) is 4.90 Å². The topological polar surface area (TPSA) is 61.8 Å². The van der Waals surface area contributed by atoms with E-state index in [1.54, 1.807) is 12.1 Å². The van der Waals surface area contributed by atoms with Crippen LogP contribution in [0.4, 0.5) is 0 Å². The van der Waals surface area contributed by atoms with Crippen LogP contribution in [0.15, 0.2) is 29.2 Å². The lowest BCUT2D eigenvalue weighted by atomic mass is 10.2. The zero-order chi connectivity index (χ0) is 13.0. The third kappa shape index (κ3) is 3.52. The van der Waals surface area contributed by atoms with Gasteiger partial charge in [-0.25, -0.2) is 0 Å². The van der Waals surface area contributed by atoms with Gasteiger partial charge in [0.15, 0.2) is 6.29 Å². The highest BCUT2D eigenvalue weighted by Gasteiger charge is 2.21. The first-order valence-corrected chi connectivity index (χ1v) is 7.27. The van der Waals surface area contributed by atoms with E-state index in [9.17, 15) is 8.42 Å². The first-order chi connectivity index (χ1) is 8.58. The number of rotatable bonds is 4. The fourth-order valence-corrected chi connectivity index (χ4v) is 2.37. The summed E-state index contributed by atoms with van der Waals surface area (Å²) < 4.78 is 33.3. The van der Waals surface area contributed by atoms with E-state index in [-0.39, 0.29) is 4.90 Å². The molecule has 0 N–H and O–H groups in total. The van der Waals surface area contributed by atoms with Crippen LogP contribution in [0.25, 0.3) is 0 Å². The molecule has 0 saturated carbocycles. The quantitative estimate of drug-likeness (QED) is 0.621. The van der Waals surface area contributed by atoms with Gasteiger partial charge < -0.3 is 4.74 Å². The van der Waals surface area contributed by atoms with Crippen molar-refractivity contribution in [2.75, 3.05) is 6.61 Å². The summed E-state index contributed by atoms with van der Waals surface area (Å²) in [5, 5.41) is 0. The first-order valence-electron chi connectivity index (χ1n) is 5.86. The van der Waals surface area contributed by atoms with Crippen molar-refractivity contribution in [1.82, 2.24) is 0 Å². The van der Waals surface area contributed by atoms with Crippen molar-refractivity contribution in [2.24, 2.45) is 0 Å². The van der Waals surface area contributed by atoms with E-state index in [1.165, 1.54) is 12.1 Å². The average Bonchev–Trinajstić information content (AvgIpc) is 2.38. The molecule has 18 heavy (non-hydrogen) atoms. The summed E-state index contributed by atoms with van der Waals surface area (Å²) in [5.74, 6) is 0. The molecule has 0 aromatic heterocycles. The van der Waals surface area contributed by atoms with E-state index in [4.69, 9.17) is 9.62 Å². The van der Waals surface area contributed by atoms with Gasteiger partial charge in [-0.15, -0.1) is 4.33 Å². The highest BCUT2D eigenvalue weighted by atomic mass is 32.2. The highest BCUT2D eigenvalue weighted by molar-refractivity contribution is 7.86. The number of benzene rings is 1. The minimum Gasteiger partial charge on any atom is -0.350 e. The van der Waals surface area contributed by atoms with Crippen LogP contribution >= 0.6 is 0 Å². The monoisotopic (exact) mass is 272 g/mol. The molecule has 5 nitrogen and oxygen atoms in total. The van der Waals surface area contributed by atoms with Gasteiger partial charge in [0.1, 0.15) is 0 Å². The lowest BCUT2D eigenvalue weighted by Gasteiger charge is -2.20. The molecule has 0 amide bonds. The Balaban J connectivity index is 1.96. The van der Waals surface area contributed by atoms with Gasteiger partial charge >= 0.3 is 10.1 Å². The van der Waals surface area contributed by atoms with E-state index in [0.717, 1.165) is 18.4 Å². The molecule has 1 aromatic rings. The molecule has 1 aromatic carbocycles. The second kappa shape index (κ2) is 5.79. The van der Waals surface area contributed by atoms with E-state index in [2.05, 4.69) is 4.33 Å². The van der Waals surface area contributed by atoms with Gasteiger partial charge in [0.2, 0.25) is 0 Å². The number of hydrogen-bond acceptors (Lipinski definition) is 5. The first kappa shape index (κ1) is 13.5. The summed E-state index contributed by atoms with van der Waals surface area (Å²) in [4.78, 5) is 4.90. The molecule has 1 fully saturated rings. The standard InChI is InChI=1S/C12H16O5S/c1-10-5-7-11(8-6-10)18(13,14)17-16-12-4-2-3-9-15-12/h5-8,12H,2-4,9H2,1H3. The summed E-state index contributed by atoms with van der Waals surface area (Å²) in [6, 6.07) is 6.37. The number of hydrogen-bond donors (Lipinski definition) is 0. The van der Waals surface area contributed by atoms with Crippen molar-refractivity contribution in [3.63, 3.8) is 0 Å². The van der Waals surface area contributed by atoms with Crippen LogP contribution in [0, 0.1) is 6.92 Å². The molecule has 100 valence electrons. The zero-order valence-electron chi connectivity index (χ0n) is 10.2. The number of aryl methyl sites for hydroxylation is 1. The summed E-state index contributed by atoms with van der Waals surface area (Å²) in [6.45, 7) is 2.45. The zero-order valence-corrected chi connectivity index (χ0v) is 11.0. The Kier molecular flexibility index (Phi) is 4.34. The lowest BCUT2D eigenvalue weighted by molar-refractivity contribution is -0.324. The third-order valence-electron chi connectivity index (χ3n) is 2.68. The molecule has 2 rings (SSSR count). The maximum atomic E-state index is 11.8. The lowest BCUT2D eigenvalue weighted by Crippen LogP contribution is -2.24. The summed E-state index contributed by atoms with van der Waals surface area (Å²) in [7, 11) is -3.88. The molecule has 1 unspecified atom stereocenters. The SMILES string of the molecule is Cc1ccc(S(=O)(=O)OOC2CCCCO2)cc1. The fourth-order valence-electron chi connectivity index (χ4n) is 1.63. The van der Waals surface area contributed by atoms with Gasteiger partial charge in [0.25, 0.3) is 0 Å². The molecule has 0 radical (unpaired) electrons. The molecule has 1 atom stereocenters. The predicted molar refractivity (Wildman–Crippen MR) is 64.1 cm³/mol. The van der Waals surface area contributed by atoms with E-state index < -0.39 is 16.4 Å². The Labute approximate surface area is 107 Å². The summed E-state index contributed by atoms with van der Waals surface area (Å²) >= 11 is 0. The van der Waals surface area contributed by atoms with Crippen molar-refractivity contribution in [1.29, 1.82) is 0 Å². The molecule has 1 heterocycles. The van der Waals surface area contributed by atoms with Crippen molar-refractivity contribution in [2.45, 2.75) is 37.4 Å². The second-order valence-corrected chi connectivity index (χ2v) is 5.74. The Morgan fingerprint density at radius 1 is 1.22 bits per heavy atom. The highest BCUT2D eigenvalue weighted by Crippen LogP contribution is 2.18. The van der Waals surface area contributed by atoms with Crippen LogP contribution in [0.2, 0.25) is 0 Å². The molecular weight excluding hydrogens is 256 g/mol. The predicted octanol–water partition coefficient (Wildman–Crippen LogP) is 2.16. The smallest absolute Gasteiger partial charge is 0.323 e. The van der Waals surface area contributed by atoms with Gasteiger partial charge in [-0.05, 0) is 31.9 Å². The van der Waals surface area contributed by atoms with Crippen molar-refractivity contribution >= 4 is 10.1 Å². The van der Waals surface area contributed by atoms with Crippen LogP contribution in [0.3, 0.4) is 0 Å². The normalized spacial score (nSPS) is 20.8. The molecule has 1 saturated heterocycles. The minimum atomic E-state index is -3.88. The molecule has 1 aliphatic rings. The van der Waals surface area contributed by atoms with Crippen LogP contribution < -0.4 is 0 Å². The van der Waals surface area contributed by atoms with Crippen LogP contribution in [-0.4, -0.2) is 21.3 Å². The third-order valence-corrected chi connectivity index (χ3v) is 3.79. The van der Waals surface area contributed by atoms with E-state index in [1.807, 2.05) is 6.92 Å². The van der Waals surface area contributed by atoms with Crippen molar-refractivity contribution in [3.05, 3.63) is 29.8 Å². The van der Waals surface area contributed by atoms with E-state index in [0.29, 0.717) is 13.0 Å². The Morgan fingerprint density at radius 2 is 1.94 bits per heavy atom. The maximum absolute atomic E-state index is 11.8. The maximum Gasteiger partial charge on any atom is 0.323 e. The molecule has 6 heteroatoms. The van der Waals surface area contributed by atoms with Crippen molar-refractivity contribution in [3.8, 4) is 0 Å².